The van der Waals surface area contributed by atoms with Gasteiger partial charge in [0.05, 0.1) is 0 Å². The molecule has 2 aromatic heterocycles. The first-order valence-corrected chi connectivity index (χ1v) is 10.3. The Hall–Kier alpha value is -3.36. The Kier molecular flexibility index (Phi) is 5.19. The summed E-state index contributed by atoms with van der Waals surface area (Å²) in [6, 6.07) is 8.40. The van der Waals surface area contributed by atoms with E-state index in [0.717, 1.165) is 42.5 Å². The molecular formula is C21H26N6O3. The second-order valence-electron chi connectivity index (χ2n) is 7.71. The van der Waals surface area contributed by atoms with Crippen LogP contribution in [-0.2, 0) is 31.4 Å². The average molecular weight is 410 g/mol. The molecule has 3 heterocycles. The Labute approximate surface area is 173 Å². The zero-order valence-electron chi connectivity index (χ0n) is 17.3. The number of benzene rings is 1. The maximum Gasteiger partial charge on any atom is 0.332 e. The number of aromatic nitrogens is 4. The molecule has 1 amide bonds. The molecule has 0 fully saturated rings. The van der Waals surface area contributed by atoms with Gasteiger partial charge in [0.2, 0.25) is 11.9 Å². The number of carbonyl (C=O) groups is 1. The summed E-state index contributed by atoms with van der Waals surface area (Å²) in [6.45, 7) is 3.10. The summed E-state index contributed by atoms with van der Waals surface area (Å²) in [6.07, 6.45) is 4.19. The summed E-state index contributed by atoms with van der Waals surface area (Å²) in [7, 11) is 1.55. The number of imidazole rings is 1. The number of primary amides is 1. The molecule has 3 aromatic rings. The van der Waals surface area contributed by atoms with Gasteiger partial charge in [-0.15, -0.1) is 0 Å². The molecule has 0 aliphatic carbocycles. The normalized spacial score (nSPS) is 13.6. The van der Waals surface area contributed by atoms with Crippen LogP contribution in [0.1, 0.15) is 31.7 Å². The predicted molar refractivity (Wildman–Crippen MR) is 115 cm³/mol. The first kappa shape index (κ1) is 19.9. The molecule has 0 bridgehead atoms. The Morgan fingerprint density at radius 3 is 2.57 bits per heavy atom. The molecule has 30 heavy (non-hydrogen) atoms. The number of unbranched alkanes of at least 4 members (excludes halogenated alkanes) is 1. The van der Waals surface area contributed by atoms with Crippen molar-refractivity contribution in [2.45, 2.75) is 45.7 Å². The lowest BCUT2D eigenvalue weighted by molar-refractivity contribution is -0.118. The van der Waals surface area contributed by atoms with E-state index in [9.17, 15) is 14.4 Å². The summed E-state index contributed by atoms with van der Waals surface area (Å²) >= 11 is 0. The Morgan fingerprint density at radius 2 is 1.90 bits per heavy atom. The van der Waals surface area contributed by atoms with E-state index in [4.69, 9.17) is 5.73 Å². The largest absolute Gasteiger partial charge is 0.368 e. The molecule has 0 spiro atoms. The van der Waals surface area contributed by atoms with Crippen LogP contribution in [0.3, 0.4) is 0 Å². The third-order valence-electron chi connectivity index (χ3n) is 5.60. The second kappa shape index (κ2) is 7.81. The molecular weight excluding hydrogens is 384 g/mol. The highest BCUT2D eigenvalue weighted by molar-refractivity contribution is 5.78. The Bertz CT molecular complexity index is 1220. The average Bonchev–Trinajstić information content (AvgIpc) is 3.14. The van der Waals surface area contributed by atoms with E-state index >= 15 is 0 Å². The number of anilines is 2. The summed E-state index contributed by atoms with van der Waals surface area (Å²) in [5, 5.41) is 0. The van der Waals surface area contributed by atoms with Crippen molar-refractivity contribution in [2.24, 2.45) is 12.8 Å². The summed E-state index contributed by atoms with van der Waals surface area (Å²) in [5.74, 6) is -0.113. The maximum atomic E-state index is 13.0. The van der Waals surface area contributed by atoms with E-state index in [-0.39, 0.29) is 0 Å². The van der Waals surface area contributed by atoms with Crippen molar-refractivity contribution < 1.29 is 4.79 Å². The fraction of sp³-hybridized carbons (Fsp3) is 0.429. The van der Waals surface area contributed by atoms with E-state index in [1.54, 1.807) is 7.05 Å². The zero-order chi connectivity index (χ0) is 21.4. The van der Waals surface area contributed by atoms with Crippen molar-refractivity contribution in [2.75, 3.05) is 11.4 Å². The lowest BCUT2D eigenvalue weighted by atomic mass is 10.1. The topological polar surface area (TPSA) is 108 Å². The minimum Gasteiger partial charge on any atom is -0.368 e. The number of carbonyl (C=O) groups excluding carboxylic acids is 1. The second-order valence-corrected chi connectivity index (χ2v) is 7.71. The lowest BCUT2D eigenvalue weighted by Gasteiger charge is -2.29. The lowest BCUT2D eigenvalue weighted by Crippen LogP contribution is -2.42. The van der Waals surface area contributed by atoms with E-state index in [2.05, 4.69) is 41.1 Å². The van der Waals surface area contributed by atoms with E-state index in [0.29, 0.717) is 23.7 Å². The van der Waals surface area contributed by atoms with Gasteiger partial charge in [0.1, 0.15) is 6.54 Å². The number of nitrogens with zero attached hydrogens (tertiary/aromatic N) is 5. The molecule has 0 saturated carbocycles. The minimum absolute atomic E-state index is 0.312. The van der Waals surface area contributed by atoms with Gasteiger partial charge < -0.3 is 15.2 Å². The van der Waals surface area contributed by atoms with Crippen molar-refractivity contribution in [3.8, 4) is 0 Å². The van der Waals surface area contributed by atoms with Gasteiger partial charge in [0, 0.05) is 25.8 Å². The van der Waals surface area contributed by atoms with Gasteiger partial charge in [-0.25, -0.2) is 9.36 Å². The third-order valence-corrected chi connectivity index (χ3v) is 5.60. The number of hydrogen-bond donors (Lipinski definition) is 1. The third kappa shape index (κ3) is 3.30. The highest BCUT2D eigenvalue weighted by Gasteiger charge is 2.27. The fourth-order valence-corrected chi connectivity index (χ4v) is 4.03. The number of amides is 1. The molecule has 1 aromatic carbocycles. The molecule has 0 unspecified atom stereocenters. The van der Waals surface area contributed by atoms with Crippen LogP contribution >= 0.6 is 0 Å². The number of aryl methyl sites for hydroxylation is 3. The Morgan fingerprint density at radius 1 is 1.17 bits per heavy atom. The maximum absolute atomic E-state index is 13.0. The van der Waals surface area contributed by atoms with Crippen LogP contribution in [0.25, 0.3) is 11.2 Å². The highest BCUT2D eigenvalue weighted by atomic mass is 16.2. The van der Waals surface area contributed by atoms with Crippen LogP contribution in [0.4, 0.5) is 11.6 Å². The molecule has 9 heteroatoms. The summed E-state index contributed by atoms with van der Waals surface area (Å²) in [5.41, 5.74) is 7.01. The summed E-state index contributed by atoms with van der Waals surface area (Å²) in [4.78, 5) is 43.7. The van der Waals surface area contributed by atoms with Crippen molar-refractivity contribution >= 4 is 28.7 Å². The van der Waals surface area contributed by atoms with Crippen molar-refractivity contribution in [3.63, 3.8) is 0 Å². The molecule has 0 radical (unpaired) electrons. The first-order chi connectivity index (χ1) is 14.4. The molecule has 9 nitrogen and oxygen atoms in total. The highest BCUT2D eigenvalue weighted by Crippen LogP contribution is 2.31. The standard InChI is InChI=1S/C21H26N6O3/c1-3-4-6-14-7-9-15(10-8-14)25-11-5-12-26-17-18(23-20(25)26)24(2)21(30)27(19(17)29)13-16(22)28/h7-10H,3-6,11-13H2,1-2H3,(H2,22,28). The number of fused-ring (bicyclic) bond motifs is 3. The van der Waals surface area contributed by atoms with E-state index in [1.165, 1.54) is 10.1 Å². The zero-order valence-corrected chi connectivity index (χ0v) is 17.3. The minimum atomic E-state index is -0.739. The van der Waals surface area contributed by atoms with Gasteiger partial charge in [-0.2, -0.15) is 4.98 Å². The summed E-state index contributed by atoms with van der Waals surface area (Å²) < 4.78 is 4.02. The van der Waals surface area contributed by atoms with Gasteiger partial charge in [0.15, 0.2) is 11.2 Å². The van der Waals surface area contributed by atoms with Crippen molar-refractivity contribution in [3.05, 3.63) is 50.7 Å². The fourth-order valence-electron chi connectivity index (χ4n) is 4.03. The molecule has 4 rings (SSSR count). The molecule has 0 saturated heterocycles. The Balaban J connectivity index is 1.83. The van der Waals surface area contributed by atoms with Gasteiger partial charge in [-0.3, -0.25) is 14.2 Å². The quantitative estimate of drug-likeness (QED) is 0.658. The molecule has 0 atom stereocenters. The van der Waals surface area contributed by atoms with E-state index in [1.807, 2.05) is 4.57 Å². The van der Waals surface area contributed by atoms with Gasteiger partial charge >= 0.3 is 5.69 Å². The van der Waals surface area contributed by atoms with Crippen LogP contribution in [-0.4, -0.2) is 31.1 Å². The number of rotatable bonds is 6. The van der Waals surface area contributed by atoms with Gasteiger partial charge in [-0.1, -0.05) is 25.5 Å². The first-order valence-electron chi connectivity index (χ1n) is 10.3. The predicted octanol–water partition coefficient (Wildman–Crippen LogP) is 1.27. The van der Waals surface area contributed by atoms with Gasteiger partial charge in [0.25, 0.3) is 5.56 Å². The number of nitrogens with two attached hydrogens (primary N) is 1. The van der Waals surface area contributed by atoms with Crippen LogP contribution in [0.2, 0.25) is 0 Å². The van der Waals surface area contributed by atoms with Crippen LogP contribution in [0.15, 0.2) is 33.9 Å². The number of hydrogen-bond acceptors (Lipinski definition) is 5. The van der Waals surface area contributed by atoms with E-state index < -0.39 is 23.7 Å². The van der Waals surface area contributed by atoms with Gasteiger partial charge in [-0.05, 0) is 37.0 Å². The molecule has 2 N–H and O–H groups in total. The van der Waals surface area contributed by atoms with Crippen molar-refractivity contribution in [1.82, 2.24) is 18.7 Å². The molecule has 1 aliphatic rings. The molecule has 1 aliphatic heterocycles. The monoisotopic (exact) mass is 410 g/mol. The molecule has 158 valence electrons. The van der Waals surface area contributed by atoms with Crippen molar-refractivity contribution in [1.29, 1.82) is 0 Å². The van der Waals surface area contributed by atoms with Crippen LogP contribution in [0, 0.1) is 0 Å². The smallest absolute Gasteiger partial charge is 0.332 e. The SMILES string of the molecule is CCCCc1ccc(N2CCCn3c2nc2c3c(=O)n(CC(N)=O)c(=O)n2C)cc1. The van der Waals surface area contributed by atoms with Crippen LogP contribution in [0.5, 0.6) is 0 Å². The van der Waals surface area contributed by atoms with Crippen LogP contribution < -0.4 is 21.9 Å².